The number of hydrogen-bond acceptors (Lipinski definition) is 6. The molecule has 1 saturated carbocycles. The van der Waals surface area contributed by atoms with Crippen molar-refractivity contribution in [2.24, 2.45) is 5.92 Å². The SMILES string of the molecule is CCOc1cc(C(=O)NCCNC(=O)c2ccc(NC(=O)C3CC3)cc2)ncn1. The van der Waals surface area contributed by atoms with E-state index in [1.807, 2.05) is 6.92 Å². The number of carbonyl (C=O) groups excluding carboxylic acids is 3. The molecule has 0 radical (unpaired) electrons. The Morgan fingerprint density at radius 2 is 1.72 bits per heavy atom. The van der Waals surface area contributed by atoms with Crippen molar-refractivity contribution in [3.63, 3.8) is 0 Å². The summed E-state index contributed by atoms with van der Waals surface area (Å²) in [6, 6.07) is 8.14. The number of hydrogen-bond donors (Lipinski definition) is 3. The lowest BCUT2D eigenvalue weighted by molar-refractivity contribution is -0.117. The number of benzene rings is 1. The molecule has 0 aliphatic heterocycles. The van der Waals surface area contributed by atoms with Gasteiger partial charge in [-0.1, -0.05) is 0 Å². The summed E-state index contributed by atoms with van der Waals surface area (Å²) in [4.78, 5) is 43.8. The highest BCUT2D eigenvalue weighted by atomic mass is 16.5. The van der Waals surface area contributed by atoms with Gasteiger partial charge in [-0.2, -0.15) is 0 Å². The largest absolute Gasteiger partial charge is 0.478 e. The molecule has 0 bridgehead atoms. The minimum Gasteiger partial charge on any atom is -0.478 e. The van der Waals surface area contributed by atoms with Gasteiger partial charge in [-0.15, -0.1) is 0 Å². The number of amides is 3. The van der Waals surface area contributed by atoms with Crippen molar-refractivity contribution in [1.29, 1.82) is 0 Å². The summed E-state index contributed by atoms with van der Waals surface area (Å²) in [6.07, 6.45) is 3.14. The first-order valence-electron chi connectivity index (χ1n) is 9.49. The van der Waals surface area contributed by atoms with E-state index in [2.05, 4.69) is 25.9 Å². The molecule has 0 spiro atoms. The van der Waals surface area contributed by atoms with Gasteiger partial charge < -0.3 is 20.7 Å². The summed E-state index contributed by atoms with van der Waals surface area (Å²) in [5.74, 6) is -0.160. The quantitative estimate of drug-likeness (QED) is 0.550. The van der Waals surface area contributed by atoms with Crippen LogP contribution in [0.2, 0.25) is 0 Å². The first-order valence-corrected chi connectivity index (χ1v) is 9.49. The van der Waals surface area contributed by atoms with Gasteiger partial charge in [0.15, 0.2) is 0 Å². The second kappa shape index (κ2) is 9.63. The van der Waals surface area contributed by atoms with Gasteiger partial charge in [0.25, 0.3) is 11.8 Å². The zero-order valence-electron chi connectivity index (χ0n) is 16.1. The van der Waals surface area contributed by atoms with E-state index >= 15 is 0 Å². The molecular weight excluding hydrogens is 374 g/mol. The third-order valence-electron chi connectivity index (χ3n) is 4.23. The van der Waals surface area contributed by atoms with Crippen LogP contribution < -0.4 is 20.7 Å². The van der Waals surface area contributed by atoms with Crippen molar-refractivity contribution in [2.75, 3.05) is 25.0 Å². The van der Waals surface area contributed by atoms with Gasteiger partial charge in [0, 0.05) is 36.3 Å². The van der Waals surface area contributed by atoms with E-state index in [1.165, 1.54) is 12.4 Å². The Morgan fingerprint density at radius 3 is 2.38 bits per heavy atom. The second-order valence-corrected chi connectivity index (χ2v) is 6.53. The molecule has 2 aromatic rings. The Balaban J connectivity index is 1.40. The van der Waals surface area contributed by atoms with E-state index in [1.54, 1.807) is 24.3 Å². The average Bonchev–Trinajstić information content (AvgIpc) is 3.57. The number of nitrogens with zero attached hydrogens (tertiary/aromatic N) is 2. The van der Waals surface area contributed by atoms with Crippen LogP contribution in [0, 0.1) is 5.92 Å². The lowest BCUT2D eigenvalue weighted by Gasteiger charge is -2.08. The number of aromatic nitrogens is 2. The summed E-state index contributed by atoms with van der Waals surface area (Å²) < 4.78 is 5.24. The minimum absolute atomic E-state index is 0.0232. The first-order chi connectivity index (χ1) is 14.1. The number of anilines is 1. The van der Waals surface area contributed by atoms with Crippen molar-refractivity contribution >= 4 is 23.4 Å². The van der Waals surface area contributed by atoms with Crippen molar-refractivity contribution in [2.45, 2.75) is 19.8 Å². The molecular formula is C20H23N5O4. The summed E-state index contributed by atoms with van der Waals surface area (Å²) in [6.45, 7) is 2.77. The highest BCUT2D eigenvalue weighted by Gasteiger charge is 2.29. The first kappa shape index (κ1) is 20.2. The summed E-state index contributed by atoms with van der Waals surface area (Å²) >= 11 is 0. The van der Waals surface area contributed by atoms with Crippen molar-refractivity contribution in [3.8, 4) is 5.88 Å². The number of carbonyl (C=O) groups is 3. The molecule has 0 atom stereocenters. The maximum Gasteiger partial charge on any atom is 0.270 e. The van der Waals surface area contributed by atoms with Crippen LogP contribution in [0.3, 0.4) is 0 Å². The van der Waals surface area contributed by atoms with Crippen molar-refractivity contribution in [1.82, 2.24) is 20.6 Å². The topological polar surface area (TPSA) is 122 Å². The van der Waals surface area contributed by atoms with E-state index < -0.39 is 0 Å². The number of ether oxygens (including phenoxy) is 1. The summed E-state index contributed by atoms with van der Waals surface area (Å²) in [5, 5.41) is 8.23. The molecule has 1 heterocycles. The fraction of sp³-hybridized carbons (Fsp3) is 0.350. The Kier molecular flexibility index (Phi) is 6.72. The molecule has 3 N–H and O–H groups in total. The van der Waals surface area contributed by atoms with E-state index in [-0.39, 0.29) is 42.4 Å². The van der Waals surface area contributed by atoms with Crippen LogP contribution in [-0.2, 0) is 4.79 Å². The van der Waals surface area contributed by atoms with Crippen LogP contribution >= 0.6 is 0 Å². The molecule has 9 heteroatoms. The van der Waals surface area contributed by atoms with Gasteiger partial charge in [0.05, 0.1) is 6.61 Å². The lowest BCUT2D eigenvalue weighted by atomic mass is 10.2. The van der Waals surface area contributed by atoms with Crippen LogP contribution in [0.25, 0.3) is 0 Å². The monoisotopic (exact) mass is 397 g/mol. The molecule has 1 aromatic carbocycles. The van der Waals surface area contributed by atoms with Gasteiger partial charge in [0.2, 0.25) is 11.8 Å². The average molecular weight is 397 g/mol. The van der Waals surface area contributed by atoms with Gasteiger partial charge in [-0.3, -0.25) is 14.4 Å². The van der Waals surface area contributed by atoms with Crippen LogP contribution in [0.15, 0.2) is 36.7 Å². The predicted octanol–water partition coefficient (Wildman–Crippen LogP) is 1.38. The molecule has 152 valence electrons. The smallest absolute Gasteiger partial charge is 0.270 e. The third-order valence-corrected chi connectivity index (χ3v) is 4.23. The van der Waals surface area contributed by atoms with Crippen molar-refractivity contribution in [3.05, 3.63) is 47.9 Å². The molecule has 29 heavy (non-hydrogen) atoms. The molecule has 1 aromatic heterocycles. The highest BCUT2D eigenvalue weighted by molar-refractivity contribution is 5.97. The van der Waals surface area contributed by atoms with E-state index in [9.17, 15) is 14.4 Å². The lowest BCUT2D eigenvalue weighted by Crippen LogP contribution is -2.35. The normalized spacial score (nSPS) is 12.7. The van der Waals surface area contributed by atoms with Crippen LogP contribution in [-0.4, -0.2) is 47.4 Å². The number of rotatable bonds is 9. The molecule has 3 rings (SSSR count). The number of nitrogens with one attached hydrogen (secondary N) is 3. The van der Waals surface area contributed by atoms with Gasteiger partial charge in [-0.05, 0) is 44.0 Å². The molecule has 1 aliphatic rings. The fourth-order valence-corrected chi connectivity index (χ4v) is 2.53. The maximum atomic E-state index is 12.2. The summed E-state index contributed by atoms with van der Waals surface area (Å²) in [5.41, 5.74) is 1.33. The second-order valence-electron chi connectivity index (χ2n) is 6.53. The fourth-order valence-electron chi connectivity index (χ4n) is 2.53. The Bertz CT molecular complexity index is 881. The van der Waals surface area contributed by atoms with E-state index in [0.717, 1.165) is 12.8 Å². The maximum absolute atomic E-state index is 12.2. The van der Waals surface area contributed by atoms with Gasteiger partial charge >= 0.3 is 0 Å². The van der Waals surface area contributed by atoms with Crippen molar-refractivity contribution < 1.29 is 19.1 Å². The Morgan fingerprint density at radius 1 is 1.03 bits per heavy atom. The van der Waals surface area contributed by atoms with Gasteiger partial charge in [0.1, 0.15) is 12.0 Å². The Labute approximate surface area is 168 Å². The highest BCUT2D eigenvalue weighted by Crippen LogP contribution is 2.30. The van der Waals surface area contributed by atoms with Crippen LogP contribution in [0.4, 0.5) is 5.69 Å². The standard InChI is InChI=1S/C20H23N5O4/c1-2-29-17-11-16(23-12-24-17)20(28)22-10-9-21-18(26)13-5-7-15(8-6-13)25-19(27)14-3-4-14/h5-8,11-12,14H,2-4,9-10H2,1H3,(H,21,26)(H,22,28)(H,25,27). The molecule has 0 saturated heterocycles. The predicted molar refractivity (Wildman–Crippen MR) is 106 cm³/mol. The van der Waals surface area contributed by atoms with Gasteiger partial charge in [-0.25, -0.2) is 9.97 Å². The van der Waals surface area contributed by atoms with Crippen LogP contribution in [0.1, 0.15) is 40.6 Å². The van der Waals surface area contributed by atoms with E-state index in [0.29, 0.717) is 23.7 Å². The molecule has 3 amide bonds. The molecule has 1 fully saturated rings. The molecule has 9 nitrogen and oxygen atoms in total. The van der Waals surface area contributed by atoms with E-state index in [4.69, 9.17) is 4.74 Å². The zero-order valence-corrected chi connectivity index (χ0v) is 16.1. The molecule has 1 aliphatic carbocycles. The van der Waals surface area contributed by atoms with Crippen LogP contribution in [0.5, 0.6) is 5.88 Å². The molecule has 0 unspecified atom stereocenters. The summed E-state index contributed by atoms with van der Waals surface area (Å²) in [7, 11) is 0. The zero-order chi connectivity index (χ0) is 20.6. The minimum atomic E-state index is -0.377. The third kappa shape index (κ3) is 6.00. The Hall–Kier alpha value is -3.49.